The van der Waals surface area contributed by atoms with Crippen LogP contribution in [0.15, 0.2) is 29.1 Å². The van der Waals surface area contributed by atoms with Gasteiger partial charge in [0.25, 0.3) is 11.5 Å². The van der Waals surface area contributed by atoms with E-state index in [9.17, 15) is 9.59 Å². The third-order valence-electron chi connectivity index (χ3n) is 5.86. The Morgan fingerprint density at radius 2 is 2.04 bits per heavy atom. The minimum atomic E-state index is -0.0431. The van der Waals surface area contributed by atoms with Gasteiger partial charge in [0.15, 0.2) is 0 Å². The summed E-state index contributed by atoms with van der Waals surface area (Å²) in [5.74, 6) is 0.632. The summed E-state index contributed by atoms with van der Waals surface area (Å²) in [5.41, 5.74) is 4.65. The first kappa shape index (κ1) is 16.7. The molecule has 1 aromatic carbocycles. The van der Waals surface area contributed by atoms with Gasteiger partial charge in [-0.1, -0.05) is 0 Å². The quantitative estimate of drug-likeness (QED) is 0.679. The van der Waals surface area contributed by atoms with Crippen LogP contribution < -0.4 is 5.56 Å². The lowest BCUT2D eigenvalue weighted by atomic mass is 10.0. The fraction of sp³-hybridized carbons (Fsp3) is 0.381. The van der Waals surface area contributed by atoms with Crippen LogP contribution in [0.3, 0.4) is 0 Å². The highest BCUT2D eigenvalue weighted by atomic mass is 32.1. The summed E-state index contributed by atoms with van der Waals surface area (Å²) in [6, 6.07) is 7.43. The molecule has 0 spiro atoms. The minimum Gasteiger partial charge on any atom is -0.326 e. The minimum absolute atomic E-state index is 0.00817. The highest BCUT2D eigenvalue weighted by Crippen LogP contribution is 2.43. The number of carbonyl (C=O) groups is 1. The van der Waals surface area contributed by atoms with E-state index in [-0.39, 0.29) is 17.5 Å². The molecule has 1 atom stereocenters. The molecule has 3 aromatic rings. The van der Waals surface area contributed by atoms with Gasteiger partial charge in [0.2, 0.25) is 0 Å². The molecule has 5 nitrogen and oxygen atoms in total. The SMILES string of the molecule is Cc1cc(=O)n(C)c2c1[C@H](C)N(C(=O)c1ccc3nc(C4CC4)sc3c1)C2. The third-order valence-corrected chi connectivity index (χ3v) is 7.04. The lowest BCUT2D eigenvalue weighted by molar-refractivity contribution is 0.0703. The van der Waals surface area contributed by atoms with Gasteiger partial charge in [-0.2, -0.15) is 0 Å². The Bertz CT molecular complexity index is 1160. The summed E-state index contributed by atoms with van der Waals surface area (Å²) in [6.07, 6.45) is 2.46. The largest absolute Gasteiger partial charge is 0.326 e. The molecule has 2 aromatic heterocycles. The molecule has 0 N–H and O–H groups in total. The van der Waals surface area contributed by atoms with Gasteiger partial charge >= 0.3 is 0 Å². The molecular formula is C21H21N3O2S. The molecule has 1 aliphatic carbocycles. The van der Waals surface area contributed by atoms with Crippen molar-refractivity contribution in [3.8, 4) is 0 Å². The summed E-state index contributed by atoms with van der Waals surface area (Å²) < 4.78 is 2.75. The van der Waals surface area contributed by atoms with Gasteiger partial charge in [-0.15, -0.1) is 11.3 Å². The van der Waals surface area contributed by atoms with Crippen LogP contribution in [0.1, 0.15) is 63.9 Å². The number of hydrogen-bond donors (Lipinski definition) is 0. The van der Waals surface area contributed by atoms with Gasteiger partial charge in [0, 0.05) is 30.3 Å². The van der Waals surface area contributed by atoms with Crippen LogP contribution in [0.4, 0.5) is 0 Å². The summed E-state index contributed by atoms with van der Waals surface area (Å²) >= 11 is 1.71. The maximum absolute atomic E-state index is 13.3. The predicted octanol–water partition coefficient (Wildman–Crippen LogP) is 3.90. The lowest BCUT2D eigenvalue weighted by Crippen LogP contribution is -2.28. The first-order chi connectivity index (χ1) is 12.9. The third kappa shape index (κ3) is 2.54. The summed E-state index contributed by atoms with van der Waals surface area (Å²) in [6.45, 7) is 4.46. The Hall–Kier alpha value is -2.47. The molecule has 0 radical (unpaired) electrons. The van der Waals surface area contributed by atoms with Crippen LogP contribution in [0, 0.1) is 6.92 Å². The number of hydrogen-bond acceptors (Lipinski definition) is 4. The first-order valence-corrected chi connectivity index (χ1v) is 10.2. The average Bonchev–Trinajstić information content (AvgIpc) is 3.31. The number of carbonyl (C=O) groups excluding carboxylic acids is 1. The number of benzene rings is 1. The van der Waals surface area contributed by atoms with Crippen molar-refractivity contribution in [1.29, 1.82) is 0 Å². The van der Waals surface area contributed by atoms with E-state index in [0.29, 0.717) is 18.0 Å². The Morgan fingerprint density at radius 1 is 1.26 bits per heavy atom. The van der Waals surface area contributed by atoms with E-state index in [0.717, 1.165) is 27.0 Å². The number of aryl methyl sites for hydroxylation is 1. The Morgan fingerprint density at radius 3 is 2.78 bits per heavy atom. The number of thiazole rings is 1. The highest BCUT2D eigenvalue weighted by molar-refractivity contribution is 7.18. The number of aromatic nitrogens is 2. The second kappa shape index (κ2) is 5.76. The van der Waals surface area contributed by atoms with Crippen LogP contribution in [-0.4, -0.2) is 20.4 Å². The number of amides is 1. The number of fused-ring (bicyclic) bond motifs is 2. The molecule has 138 valence electrons. The smallest absolute Gasteiger partial charge is 0.254 e. The molecule has 0 unspecified atom stereocenters. The standard InChI is InChI=1S/C21H21N3O2S/c1-11-8-18(25)23(3)16-10-24(12(2)19(11)16)21(26)14-6-7-15-17(9-14)27-20(22-15)13-4-5-13/h6-9,12-13H,4-5,10H2,1-3H3/t12-/m0/s1. The van der Waals surface area contributed by atoms with E-state index >= 15 is 0 Å². The molecule has 2 aliphatic rings. The fourth-order valence-corrected chi connectivity index (χ4v) is 5.29. The number of rotatable bonds is 2. The van der Waals surface area contributed by atoms with E-state index in [1.54, 1.807) is 29.0 Å². The van der Waals surface area contributed by atoms with Gasteiger partial charge in [-0.3, -0.25) is 9.59 Å². The van der Waals surface area contributed by atoms with Gasteiger partial charge in [-0.05, 0) is 56.0 Å². The maximum Gasteiger partial charge on any atom is 0.254 e. The molecule has 27 heavy (non-hydrogen) atoms. The summed E-state index contributed by atoms with van der Waals surface area (Å²) in [5, 5.41) is 1.20. The van der Waals surface area contributed by atoms with Crippen molar-refractivity contribution >= 4 is 27.5 Å². The predicted molar refractivity (Wildman–Crippen MR) is 106 cm³/mol. The Balaban J connectivity index is 1.51. The maximum atomic E-state index is 13.3. The first-order valence-electron chi connectivity index (χ1n) is 9.35. The number of nitrogens with zero attached hydrogens (tertiary/aromatic N) is 3. The molecule has 1 aliphatic heterocycles. The van der Waals surface area contributed by atoms with Gasteiger partial charge in [-0.25, -0.2) is 4.98 Å². The highest BCUT2D eigenvalue weighted by Gasteiger charge is 2.34. The molecule has 6 heteroatoms. The lowest BCUT2D eigenvalue weighted by Gasteiger charge is -2.22. The van der Waals surface area contributed by atoms with Crippen molar-refractivity contribution < 1.29 is 4.79 Å². The molecule has 5 rings (SSSR count). The van der Waals surface area contributed by atoms with Crippen LogP contribution >= 0.6 is 11.3 Å². The van der Waals surface area contributed by atoms with E-state index < -0.39 is 0 Å². The molecule has 1 fully saturated rings. The van der Waals surface area contributed by atoms with Gasteiger partial charge in [0.05, 0.1) is 27.8 Å². The van der Waals surface area contributed by atoms with Crippen LogP contribution in [0.2, 0.25) is 0 Å². The average molecular weight is 379 g/mol. The zero-order valence-corrected chi connectivity index (χ0v) is 16.5. The van der Waals surface area contributed by atoms with E-state index in [4.69, 9.17) is 4.98 Å². The van der Waals surface area contributed by atoms with Gasteiger partial charge in [0.1, 0.15) is 0 Å². The molecular weight excluding hydrogens is 358 g/mol. The fourth-order valence-electron chi connectivity index (χ4n) is 4.11. The molecule has 3 heterocycles. The van der Waals surface area contributed by atoms with Crippen molar-refractivity contribution in [2.45, 2.75) is 45.2 Å². The monoisotopic (exact) mass is 379 g/mol. The van der Waals surface area contributed by atoms with E-state index in [1.165, 1.54) is 17.8 Å². The van der Waals surface area contributed by atoms with Crippen LogP contribution in [0.25, 0.3) is 10.2 Å². The topological polar surface area (TPSA) is 55.2 Å². The Kier molecular flexibility index (Phi) is 3.56. The second-order valence-corrected chi connectivity index (χ2v) is 8.77. The van der Waals surface area contributed by atoms with Crippen molar-refractivity contribution in [2.24, 2.45) is 7.05 Å². The van der Waals surface area contributed by atoms with Crippen LogP contribution in [0.5, 0.6) is 0 Å². The van der Waals surface area contributed by atoms with Crippen molar-refractivity contribution in [3.05, 3.63) is 62.0 Å². The van der Waals surface area contributed by atoms with Gasteiger partial charge < -0.3 is 9.47 Å². The van der Waals surface area contributed by atoms with Crippen molar-refractivity contribution in [2.75, 3.05) is 0 Å². The summed E-state index contributed by atoms with van der Waals surface area (Å²) in [7, 11) is 1.78. The Labute approximate surface area is 161 Å². The molecule has 1 saturated carbocycles. The molecule has 0 saturated heterocycles. The second-order valence-electron chi connectivity index (χ2n) is 7.70. The van der Waals surface area contributed by atoms with Crippen molar-refractivity contribution in [1.82, 2.24) is 14.5 Å². The van der Waals surface area contributed by atoms with E-state index in [2.05, 4.69) is 0 Å². The molecule has 1 amide bonds. The normalized spacial score (nSPS) is 18.9. The molecule has 0 bridgehead atoms. The zero-order valence-electron chi connectivity index (χ0n) is 15.7. The van der Waals surface area contributed by atoms with Crippen molar-refractivity contribution in [3.63, 3.8) is 0 Å². The van der Waals surface area contributed by atoms with E-state index in [1.807, 2.05) is 36.9 Å². The van der Waals surface area contributed by atoms with Crippen LogP contribution in [-0.2, 0) is 13.6 Å². The summed E-state index contributed by atoms with van der Waals surface area (Å²) in [4.78, 5) is 31.9. The zero-order chi connectivity index (χ0) is 18.9. The number of pyridine rings is 1.